The second-order valence-corrected chi connectivity index (χ2v) is 3.83. The number of hydrogen-bond donors (Lipinski definition) is 1. The van der Waals surface area contributed by atoms with E-state index in [2.05, 4.69) is 5.32 Å². The molecule has 0 amide bonds. The first kappa shape index (κ1) is 8.63. The van der Waals surface area contributed by atoms with Gasteiger partial charge >= 0.3 is 0 Å². The predicted molar refractivity (Wildman–Crippen MR) is 55.7 cm³/mol. The van der Waals surface area contributed by atoms with Gasteiger partial charge in [0.15, 0.2) is 5.78 Å². The van der Waals surface area contributed by atoms with E-state index in [1.165, 1.54) is 0 Å². The summed E-state index contributed by atoms with van der Waals surface area (Å²) in [7, 11) is 0. The molecule has 1 aliphatic heterocycles. The number of benzene rings is 1. The Morgan fingerprint density at radius 1 is 1.46 bits per heavy atom. The lowest BCUT2D eigenvalue weighted by Crippen LogP contribution is -2.18. The number of thioether (sulfide) groups is 1. The lowest BCUT2D eigenvalue weighted by atomic mass is 10.0. The van der Waals surface area contributed by atoms with Crippen LogP contribution in [0, 0.1) is 0 Å². The second kappa shape index (κ2) is 3.42. The Bertz CT molecular complexity index is 349. The van der Waals surface area contributed by atoms with Gasteiger partial charge in [-0.15, -0.1) is 11.8 Å². The summed E-state index contributed by atoms with van der Waals surface area (Å²) in [4.78, 5) is 12.7. The van der Waals surface area contributed by atoms with E-state index in [9.17, 15) is 4.79 Å². The van der Waals surface area contributed by atoms with Gasteiger partial charge in [0.2, 0.25) is 0 Å². The predicted octanol–water partition coefficient (Wildman–Crippen LogP) is 2.41. The first-order chi connectivity index (χ1) is 6.33. The minimum absolute atomic E-state index is 0.254. The van der Waals surface area contributed by atoms with Gasteiger partial charge in [0.1, 0.15) is 0 Å². The van der Waals surface area contributed by atoms with Gasteiger partial charge in [-0.2, -0.15) is 0 Å². The Morgan fingerprint density at radius 3 is 3.08 bits per heavy atom. The van der Waals surface area contributed by atoms with Crippen molar-refractivity contribution in [3.63, 3.8) is 0 Å². The van der Waals surface area contributed by atoms with E-state index >= 15 is 0 Å². The zero-order chi connectivity index (χ0) is 9.26. The van der Waals surface area contributed by atoms with Crippen molar-refractivity contribution in [2.45, 2.75) is 11.3 Å². The normalized spacial score (nSPS) is 15.0. The van der Waals surface area contributed by atoms with Crippen molar-refractivity contribution in [3.8, 4) is 0 Å². The summed E-state index contributed by atoms with van der Waals surface area (Å²) in [5, 5.41) is 3.27. The first-order valence-corrected chi connectivity index (χ1v) is 5.49. The zero-order valence-corrected chi connectivity index (χ0v) is 8.28. The van der Waals surface area contributed by atoms with Crippen LogP contribution in [0.1, 0.15) is 16.8 Å². The van der Waals surface area contributed by atoms with E-state index < -0.39 is 0 Å². The highest BCUT2D eigenvalue weighted by atomic mass is 32.2. The number of fused-ring (bicyclic) bond motifs is 1. The van der Waals surface area contributed by atoms with Gasteiger partial charge in [-0.25, -0.2) is 0 Å². The van der Waals surface area contributed by atoms with Crippen molar-refractivity contribution in [1.82, 2.24) is 0 Å². The van der Waals surface area contributed by atoms with Crippen LogP contribution in [0.4, 0.5) is 5.69 Å². The highest BCUT2D eigenvalue weighted by molar-refractivity contribution is 7.98. The molecule has 0 unspecified atom stereocenters. The molecule has 1 heterocycles. The number of nitrogens with one attached hydrogen (secondary N) is 1. The third kappa shape index (κ3) is 1.44. The Labute approximate surface area is 81.7 Å². The maximum Gasteiger partial charge on any atom is 0.166 e. The third-order valence-corrected chi connectivity index (χ3v) is 2.98. The maximum absolute atomic E-state index is 11.5. The molecule has 1 aromatic carbocycles. The summed E-state index contributed by atoms with van der Waals surface area (Å²) in [6.45, 7) is 0.767. The van der Waals surface area contributed by atoms with E-state index in [4.69, 9.17) is 0 Å². The SMILES string of the molecule is CSc1cccc2c1NCCC2=O. The number of Topliss-reactive ketones (excluding diaryl/α,β-unsaturated/α-hetero) is 1. The molecule has 0 aromatic heterocycles. The summed E-state index contributed by atoms with van der Waals surface area (Å²) in [5.41, 5.74) is 1.87. The van der Waals surface area contributed by atoms with Gasteiger partial charge in [-0.1, -0.05) is 6.07 Å². The molecule has 1 aromatic rings. The highest BCUT2D eigenvalue weighted by Gasteiger charge is 2.18. The molecule has 0 aliphatic carbocycles. The number of carbonyl (C=O) groups is 1. The van der Waals surface area contributed by atoms with Crippen LogP contribution in [-0.4, -0.2) is 18.6 Å². The van der Waals surface area contributed by atoms with E-state index in [0.29, 0.717) is 6.42 Å². The quantitative estimate of drug-likeness (QED) is 0.694. The van der Waals surface area contributed by atoms with Crippen molar-refractivity contribution < 1.29 is 4.79 Å². The van der Waals surface area contributed by atoms with Gasteiger partial charge < -0.3 is 5.32 Å². The number of anilines is 1. The fourth-order valence-corrected chi connectivity index (χ4v) is 2.15. The summed E-state index contributed by atoms with van der Waals surface area (Å²) in [5.74, 6) is 0.254. The average molecular weight is 193 g/mol. The molecule has 68 valence electrons. The first-order valence-electron chi connectivity index (χ1n) is 4.27. The number of ketones is 1. The molecule has 1 N–H and O–H groups in total. The smallest absolute Gasteiger partial charge is 0.166 e. The highest BCUT2D eigenvalue weighted by Crippen LogP contribution is 2.31. The third-order valence-electron chi connectivity index (χ3n) is 2.20. The van der Waals surface area contributed by atoms with E-state index in [-0.39, 0.29) is 5.78 Å². The fourth-order valence-electron chi connectivity index (χ4n) is 1.55. The minimum atomic E-state index is 0.254. The molecule has 3 heteroatoms. The maximum atomic E-state index is 11.5. The molecule has 0 spiro atoms. The molecule has 0 saturated carbocycles. The van der Waals surface area contributed by atoms with Crippen LogP contribution in [0.2, 0.25) is 0 Å². The standard InChI is InChI=1S/C10H11NOS/c1-13-9-4-2-3-7-8(12)5-6-11-10(7)9/h2-4,11H,5-6H2,1H3. The lowest BCUT2D eigenvalue weighted by molar-refractivity contribution is 0.0983. The topological polar surface area (TPSA) is 29.1 Å². The van der Waals surface area contributed by atoms with Crippen molar-refractivity contribution in [1.29, 1.82) is 0 Å². The van der Waals surface area contributed by atoms with Crippen LogP contribution in [0.25, 0.3) is 0 Å². The Balaban J connectivity index is 2.54. The Kier molecular flexibility index (Phi) is 2.27. The van der Waals surface area contributed by atoms with Crippen molar-refractivity contribution in [2.75, 3.05) is 18.1 Å². The summed E-state index contributed by atoms with van der Waals surface area (Å²) in [6.07, 6.45) is 2.64. The van der Waals surface area contributed by atoms with Crippen LogP contribution in [0.5, 0.6) is 0 Å². The second-order valence-electron chi connectivity index (χ2n) is 2.98. The molecule has 1 aliphatic rings. The monoisotopic (exact) mass is 193 g/mol. The van der Waals surface area contributed by atoms with E-state index in [0.717, 1.165) is 22.7 Å². The lowest BCUT2D eigenvalue weighted by Gasteiger charge is -2.19. The average Bonchev–Trinajstić information content (AvgIpc) is 2.18. The van der Waals surface area contributed by atoms with Gasteiger partial charge in [-0.05, 0) is 18.4 Å². The molecule has 0 bridgehead atoms. The summed E-state index contributed by atoms with van der Waals surface area (Å²) < 4.78 is 0. The Morgan fingerprint density at radius 2 is 2.31 bits per heavy atom. The van der Waals surface area contributed by atoms with Gasteiger partial charge in [0.05, 0.1) is 5.69 Å². The van der Waals surface area contributed by atoms with Crippen LogP contribution in [-0.2, 0) is 0 Å². The van der Waals surface area contributed by atoms with Crippen LogP contribution < -0.4 is 5.32 Å². The van der Waals surface area contributed by atoms with E-state index in [1.54, 1.807) is 11.8 Å². The van der Waals surface area contributed by atoms with Gasteiger partial charge in [0, 0.05) is 23.4 Å². The van der Waals surface area contributed by atoms with Crippen LogP contribution in [0.15, 0.2) is 23.1 Å². The number of hydrogen-bond acceptors (Lipinski definition) is 3. The molecular weight excluding hydrogens is 182 g/mol. The number of rotatable bonds is 1. The number of para-hydroxylation sites is 1. The molecule has 2 rings (SSSR count). The van der Waals surface area contributed by atoms with Crippen LogP contribution in [0.3, 0.4) is 0 Å². The van der Waals surface area contributed by atoms with Crippen molar-refractivity contribution in [3.05, 3.63) is 23.8 Å². The molecule has 0 saturated heterocycles. The summed E-state index contributed by atoms with van der Waals surface area (Å²) in [6, 6.07) is 5.87. The molecule has 0 atom stereocenters. The summed E-state index contributed by atoms with van der Waals surface area (Å²) >= 11 is 1.67. The van der Waals surface area contributed by atoms with Crippen LogP contribution >= 0.6 is 11.8 Å². The Hall–Kier alpha value is -0.960. The molecule has 0 fully saturated rings. The van der Waals surface area contributed by atoms with Crippen molar-refractivity contribution >= 4 is 23.2 Å². The van der Waals surface area contributed by atoms with Crippen molar-refractivity contribution in [2.24, 2.45) is 0 Å². The molecule has 0 radical (unpaired) electrons. The van der Waals surface area contributed by atoms with Gasteiger partial charge in [0.25, 0.3) is 0 Å². The molecule has 13 heavy (non-hydrogen) atoms. The van der Waals surface area contributed by atoms with Gasteiger partial charge in [-0.3, -0.25) is 4.79 Å². The van der Waals surface area contributed by atoms with E-state index in [1.807, 2.05) is 24.5 Å². The minimum Gasteiger partial charge on any atom is -0.383 e. The zero-order valence-electron chi connectivity index (χ0n) is 7.46. The molecular formula is C10H11NOS. The number of carbonyl (C=O) groups excluding carboxylic acids is 1. The molecule has 2 nitrogen and oxygen atoms in total. The largest absolute Gasteiger partial charge is 0.383 e. The fraction of sp³-hybridized carbons (Fsp3) is 0.300.